The molecule has 14 heteroatoms. The fourth-order valence-corrected chi connectivity index (χ4v) is 6.30. The number of nitrogens with one attached hydrogen (secondary N) is 6. The molecule has 6 atom stereocenters. The molecule has 0 spiro atoms. The maximum Gasteiger partial charge on any atom is 0.243 e. The van der Waals surface area contributed by atoms with E-state index in [2.05, 4.69) is 58.9 Å². The first-order valence-electron chi connectivity index (χ1n) is 19.5. The van der Waals surface area contributed by atoms with Crippen LogP contribution in [0, 0.1) is 41.0 Å². The number of aryl methyl sites for hydroxylation is 1. The highest BCUT2D eigenvalue weighted by atomic mass is 19.2. The molecule has 0 radical (unpaired) electrons. The minimum absolute atomic E-state index is 0.126. The van der Waals surface area contributed by atoms with Gasteiger partial charge in [-0.25, -0.2) is 8.78 Å². The third-order valence-electron chi connectivity index (χ3n) is 9.75. The number of carbonyl (C=O) groups is 3. The van der Waals surface area contributed by atoms with Crippen LogP contribution in [0.15, 0.2) is 49.2 Å². The Bertz CT molecular complexity index is 1610. The van der Waals surface area contributed by atoms with Gasteiger partial charge in [0.1, 0.15) is 12.1 Å². The van der Waals surface area contributed by atoms with Crippen LogP contribution >= 0.6 is 0 Å². The van der Waals surface area contributed by atoms with Gasteiger partial charge in [0.25, 0.3) is 0 Å². The number of amides is 3. The lowest BCUT2D eigenvalue weighted by atomic mass is 9.95. The van der Waals surface area contributed by atoms with Gasteiger partial charge >= 0.3 is 0 Å². The van der Waals surface area contributed by atoms with Crippen molar-refractivity contribution in [2.45, 2.75) is 118 Å². The molecule has 2 aromatic rings. The molecule has 0 aromatic heterocycles. The second-order valence-corrected chi connectivity index (χ2v) is 15.0. The minimum atomic E-state index is -1.98. The largest absolute Gasteiger partial charge is 0.503 e. The van der Waals surface area contributed by atoms with Crippen molar-refractivity contribution in [1.29, 1.82) is 0 Å². The molecule has 10 nitrogen and oxygen atoms in total. The highest BCUT2D eigenvalue weighted by Crippen LogP contribution is 2.32. The first-order chi connectivity index (χ1) is 26.4. The number of aromatic hydroxyl groups is 1. The molecule has 0 fully saturated rings. The van der Waals surface area contributed by atoms with Crippen LogP contribution in [-0.2, 0) is 20.8 Å². The number of phenolic OH excluding ortho intramolecular Hbond substituents is 1. The van der Waals surface area contributed by atoms with Gasteiger partial charge in [-0.05, 0) is 55.9 Å². The number of rotatable bonds is 24. The van der Waals surface area contributed by atoms with Crippen molar-refractivity contribution in [3.8, 4) is 5.75 Å². The molecule has 0 saturated carbocycles. The zero-order valence-electron chi connectivity index (χ0n) is 34.1. The second-order valence-electron chi connectivity index (χ2n) is 15.0. The molecular formula is C42H62F4N6O4. The van der Waals surface area contributed by atoms with Crippen LogP contribution in [0.2, 0.25) is 0 Å². The number of hydrogen-bond donors (Lipinski definition) is 7. The second kappa shape index (κ2) is 22.8. The Balaban J connectivity index is 2.35. The normalized spacial score (nSPS) is 14.6. The Kier molecular flexibility index (Phi) is 19.4. The summed E-state index contributed by atoms with van der Waals surface area (Å²) in [5, 5.41) is 27.6. The summed E-state index contributed by atoms with van der Waals surface area (Å²) in [4.78, 5) is 40.1. The third-order valence-corrected chi connectivity index (χ3v) is 9.75. The lowest BCUT2D eigenvalue weighted by Gasteiger charge is -2.32. The summed E-state index contributed by atoms with van der Waals surface area (Å²) in [7, 11) is 0. The van der Waals surface area contributed by atoms with E-state index in [1.807, 2.05) is 58.0 Å². The van der Waals surface area contributed by atoms with Crippen molar-refractivity contribution < 1.29 is 37.1 Å². The Hall–Kier alpha value is -4.59. The summed E-state index contributed by atoms with van der Waals surface area (Å²) in [6.07, 6.45) is 2.53. The van der Waals surface area contributed by atoms with E-state index >= 15 is 0 Å². The van der Waals surface area contributed by atoms with Crippen molar-refractivity contribution in [2.24, 2.45) is 17.8 Å². The molecule has 312 valence electrons. The summed E-state index contributed by atoms with van der Waals surface area (Å²) in [5.74, 6) is -10.9. The molecule has 7 N–H and O–H groups in total. The average Bonchev–Trinajstić information content (AvgIpc) is 3.15. The van der Waals surface area contributed by atoms with Crippen molar-refractivity contribution in [1.82, 2.24) is 31.9 Å². The standard InChI is InChI=1S/C42H62F4N6O4/c1-11-25(8)38(50-27(10)32-33(43)35(45)39(53)36(46)34(32)44)42(56)51-31(20-19-28-17-15-14-16-18-28)26(9)49-29(21-23(4)5)22-48-30(12-2)40(54)52-37(24(6)7)41(55)47-13-3/h14-18,23-25,29-31,37-38,48-50,53H,9-13,19-22H2,1-8H3,(H,47,55)(H,51,56)(H,52,54)/t25-,29-,30-,31-,37-,38-/m0/s1. The molecular weight excluding hydrogens is 728 g/mol. The van der Waals surface area contributed by atoms with Gasteiger partial charge in [0.05, 0.1) is 17.6 Å². The lowest BCUT2D eigenvalue weighted by molar-refractivity contribution is -0.131. The maximum absolute atomic E-state index is 14.8. The molecule has 0 bridgehead atoms. The van der Waals surface area contributed by atoms with E-state index in [-0.39, 0.29) is 29.7 Å². The number of carbonyl (C=O) groups excluding carboxylic acids is 3. The first kappa shape index (κ1) is 47.6. The zero-order valence-corrected chi connectivity index (χ0v) is 34.1. The van der Waals surface area contributed by atoms with Crippen LogP contribution in [0.5, 0.6) is 5.75 Å². The summed E-state index contributed by atoms with van der Waals surface area (Å²) >= 11 is 0. The first-order valence-corrected chi connectivity index (χ1v) is 19.5. The molecule has 0 unspecified atom stereocenters. The molecule has 0 aliphatic rings. The van der Waals surface area contributed by atoms with Gasteiger partial charge in [0, 0.05) is 30.5 Å². The van der Waals surface area contributed by atoms with Gasteiger partial charge in [-0.1, -0.05) is 98.4 Å². The molecule has 0 aliphatic carbocycles. The Morgan fingerprint density at radius 3 is 1.86 bits per heavy atom. The number of benzene rings is 2. The van der Waals surface area contributed by atoms with Gasteiger partial charge in [-0.15, -0.1) is 0 Å². The van der Waals surface area contributed by atoms with Crippen LogP contribution in [0.1, 0.15) is 92.2 Å². The molecule has 2 aromatic carbocycles. The highest BCUT2D eigenvalue weighted by molar-refractivity contribution is 5.90. The quantitative estimate of drug-likeness (QED) is 0.0496. The van der Waals surface area contributed by atoms with Crippen molar-refractivity contribution in [3.63, 3.8) is 0 Å². The third kappa shape index (κ3) is 13.6. The van der Waals surface area contributed by atoms with Crippen molar-refractivity contribution >= 4 is 23.4 Å². The van der Waals surface area contributed by atoms with Gasteiger partial charge in [0.15, 0.2) is 17.4 Å². The van der Waals surface area contributed by atoms with Crippen LogP contribution in [-0.4, -0.2) is 66.1 Å². The molecule has 0 aliphatic heterocycles. The van der Waals surface area contributed by atoms with Gasteiger partial charge in [0.2, 0.25) is 29.4 Å². The smallest absolute Gasteiger partial charge is 0.243 e. The van der Waals surface area contributed by atoms with E-state index < -0.39 is 76.3 Å². The molecule has 56 heavy (non-hydrogen) atoms. The zero-order chi connectivity index (χ0) is 42.3. The fourth-order valence-electron chi connectivity index (χ4n) is 6.30. The van der Waals surface area contributed by atoms with E-state index in [0.29, 0.717) is 50.9 Å². The molecule has 3 amide bonds. The van der Waals surface area contributed by atoms with E-state index in [4.69, 9.17) is 0 Å². The summed E-state index contributed by atoms with van der Waals surface area (Å²) < 4.78 is 58.1. The van der Waals surface area contributed by atoms with Crippen LogP contribution in [0.3, 0.4) is 0 Å². The monoisotopic (exact) mass is 790 g/mol. The minimum Gasteiger partial charge on any atom is -0.503 e. The maximum atomic E-state index is 14.8. The van der Waals surface area contributed by atoms with E-state index in [9.17, 15) is 37.1 Å². The van der Waals surface area contributed by atoms with E-state index in [1.54, 1.807) is 13.8 Å². The molecule has 2 rings (SSSR count). The van der Waals surface area contributed by atoms with Crippen molar-refractivity contribution in [3.05, 3.63) is 83.6 Å². The Morgan fingerprint density at radius 2 is 1.34 bits per heavy atom. The number of phenols is 1. The van der Waals surface area contributed by atoms with E-state index in [1.165, 1.54) is 0 Å². The number of hydrogen-bond acceptors (Lipinski definition) is 7. The van der Waals surface area contributed by atoms with Crippen LogP contribution in [0.25, 0.3) is 5.70 Å². The predicted molar refractivity (Wildman–Crippen MR) is 213 cm³/mol. The summed E-state index contributed by atoms with van der Waals surface area (Å²) in [6, 6.07) is 6.29. The number of likely N-dealkylation sites (N-methyl/N-ethyl adjacent to an activating group) is 1. The lowest BCUT2D eigenvalue weighted by Crippen LogP contribution is -2.56. The van der Waals surface area contributed by atoms with Gasteiger partial charge in [-0.3, -0.25) is 14.4 Å². The van der Waals surface area contributed by atoms with Gasteiger partial charge in [-0.2, -0.15) is 8.78 Å². The Labute approximate surface area is 329 Å². The SMILES string of the molecule is C=C(N[C@H](C(=O)N[C@@H](CCc1ccccc1)C(=C)N[C@H](CN[C@@H](CC)C(=O)N[C@H](C(=O)NCC)C(C)C)CC(C)C)[C@@H](C)CC)c1c(F)c(F)c(O)c(F)c1F. The summed E-state index contributed by atoms with van der Waals surface area (Å²) in [5.41, 5.74) is -0.259. The summed E-state index contributed by atoms with van der Waals surface area (Å²) in [6.45, 7) is 23.8. The van der Waals surface area contributed by atoms with Crippen LogP contribution < -0.4 is 31.9 Å². The van der Waals surface area contributed by atoms with E-state index in [0.717, 1.165) is 5.56 Å². The Morgan fingerprint density at radius 1 is 0.732 bits per heavy atom. The fraction of sp³-hybridized carbons (Fsp3) is 0.548. The average molecular weight is 791 g/mol. The van der Waals surface area contributed by atoms with Crippen molar-refractivity contribution in [2.75, 3.05) is 13.1 Å². The van der Waals surface area contributed by atoms with Crippen LogP contribution in [0.4, 0.5) is 17.6 Å². The number of halogens is 4. The van der Waals surface area contributed by atoms with Gasteiger partial charge < -0.3 is 37.0 Å². The molecule has 0 heterocycles. The topological polar surface area (TPSA) is 144 Å². The highest BCUT2D eigenvalue weighted by Gasteiger charge is 2.32. The molecule has 0 saturated heterocycles. The predicted octanol–water partition coefficient (Wildman–Crippen LogP) is 6.20.